The standard InChI is InChI=1S/C35H35ClN8O3.C35H36ClN7O3.C35H36ClN7O2/c1-8-25(45)42-15-24-34(46)41(7)32-31(43(24)14-20(42)6)21-13-22(36)28(26-18(4)9-10-23-29(26)39-16-38-23)40-33(21)44(35(32)47)30-19(5)11-12-37-27(30)17(2)3;1-7-26(44)41-16-22-11-13-46-33-32(42(22)15-21(41)6)23-14-24(36)29(27-19(4)8-9-25-30(27)39-17-38-25)40-34(23)43(35(33)45)31-20(5)10-12-37-28(31)18(2)3;1-7-27(44)41-16-22-9-10-23-33(42(22)15-21(41)6)24-14-25(36)30(28-19(4)8-11-26-31(28)39-17-38-26)40-34(24)43(35(23)45)32-20(5)12-13-37-29(32)18(2)3/h8-13,16-17,20,24H,1,14-15H2,2-7H3,(H,38,39);7-10,12,14,17-18,21-22H,1,11,13,15-16H2,2-6H3,(H,38,39);7-8,11-14,17-18,21-22H,1,9-10,15-16H2,2-6H3,(H,38,39). The van der Waals surface area contributed by atoms with Crippen LogP contribution in [0.4, 0.5) is 22.7 Å². The molecule has 3 saturated heterocycles. The molecule has 12 aromatic heterocycles. The summed E-state index contributed by atoms with van der Waals surface area (Å²) in [7, 11) is 1.61. The molecule has 3 N–H and O–H groups in total. The summed E-state index contributed by atoms with van der Waals surface area (Å²) in [6.07, 6.45) is 16.2. The van der Waals surface area contributed by atoms with Gasteiger partial charge in [-0.15, -0.1) is 0 Å². The average Bonchev–Trinajstić information content (AvgIpc) is 0.933. The molecule has 3 aromatic carbocycles. The normalized spacial score (nSPS) is 18.0. The van der Waals surface area contributed by atoms with E-state index >= 15 is 4.79 Å². The molecule has 6 atom stereocenters. The molecule has 6 unspecified atom stereocenters. The van der Waals surface area contributed by atoms with Gasteiger partial charge in [0.1, 0.15) is 23.0 Å². The molecule has 706 valence electrons. The summed E-state index contributed by atoms with van der Waals surface area (Å²) in [5.74, 6) is -0.367. The van der Waals surface area contributed by atoms with E-state index in [0.717, 1.165) is 123 Å². The summed E-state index contributed by atoms with van der Waals surface area (Å²) >= 11 is 21.5. The molecular formula is C105H107Cl3N22O8. The molecule has 0 aliphatic carbocycles. The largest absolute Gasteiger partial charge is 0.486 e. The molecule has 0 saturated carbocycles. The van der Waals surface area contributed by atoms with Crippen LogP contribution in [0, 0.1) is 41.5 Å². The Morgan fingerprint density at radius 3 is 1.20 bits per heavy atom. The van der Waals surface area contributed by atoms with Crippen molar-refractivity contribution in [1.82, 2.24) is 88.2 Å². The van der Waals surface area contributed by atoms with Crippen LogP contribution < -0.4 is 41.0 Å². The summed E-state index contributed by atoms with van der Waals surface area (Å²) in [4.78, 5) is 163. The minimum Gasteiger partial charge on any atom is -0.486 e. The molecule has 4 amide bonds. The minimum absolute atomic E-state index is 0.0187. The number of benzene rings is 3. The number of nitrogens with one attached hydrogen (secondary N) is 3. The van der Waals surface area contributed by atoms with Crippen molar-refractivity contribution in [2.24, 2.45) is 0 Å². The Bertz CT molecular complexity index is 7880. The van der Waals surface area contributed by atoms with Crippen molar-refractivity contribution in [3.8, 4) is 56.6 Å². The summed E-state index contributed by atoms with van der Waals surface area (Å²) in [5.41, 5.74) is 22.3. The second-order valence-electron chi connectivity index (χ2n) is 37.9. The number of pyridine rings is 9. The van der Waals surface area contributed by atoms with Crippen molar-refractivity contribution in [2.45, 2.75) is 177 Å². The molecule has 18 heterocycles. The number of likely N-dealkylation sites (N-methyl/N-ethyl adjacent to an activating group) is 1. The molecule has 0 radical (unpaired) electrons. The number of carbonyl (C=O) groups excluding carboxylic acids is 4. The van der Waals surface area contributed by atoms with Crippen LogP contribution in [0.15, 0.2) is 163 Å². The topological polar surface area (TPSA) is 330 Å². The number of rotatable bonds is 12. The lowest BCUT2D eigenvalue weighted by Gasteiger charge is -2.49. The predicted octanol–water partition coefficient (Wildman–Crippen LogP) is 17.6. The van der Waals surface area contributed by atoms with E-state index in [2.05, 4.69) is 87.1 Å². The van der Waals surface area contributed by atoms with Crippen LogP contribution in [0.2, 0.25) is 15.1 Å². The zero-order chi connectivity index (χ0) is 97.6. The lowest BCUT2D eigenvalue weighted by molar-refractivity contribution is -0.131. The van der Waals surface area contributed by atoms with Gasteiger partial charge in [-0.05, 0) is 199 Å². The number of fused-ring (bicyclic) bond motifs is 18. The van der Waals surface area contributed by atoms with Crippen molar-refractivity contribution in [1.29, 1.82) is 0 Å². The summed E-state index contributed by atoms with van der Waals surface area (Å²) < 4.78 is 11.4. The van der Waals surface area contributed by atoms with Gasteiger partial charge < -0.3 is 54.0 Å². The number of imidazole rings is 3. The van der Waals surface area contributed by atoms with Crippen LogP contribution in [0.5, 0.6) is 5.75 Å². The van der Waals surface area contributed by atoms with E-state index < -0.39 is 11.6 Å². The lowest BCUT2D eigenvalue weighted by Crippen LogP contribution is -2.66. The molecule has 21 rings (SSSR count). The number of aromatic amines is 3. The Balaban J connectivity index is 0.000000132. The first-order valence-electron chi connectivity index (χ1n) is 46.7. The first-order valence-corrected chi connectivity index (χ1v) is 47.8. The molecule has 3 fully saturated rings. The smallest absolute Gasteiger partial charge is 0.301 e. The Morgan fingerprint density at radius 2 is 0.790 bits per heavy atom. The molecule has 30 nitrogen and oxygen atoms in total. The van der Waals surface area contributed by atoms with E-state index in [1.54, 1.807) is 63.2 Å². The van der Waals surface area contributed by atoms with Crippen molar-refractivity contribution >= 4 is 147 Å². The Kier molecular flexibility index (Phi) is 24.2. The number of hydrogen-bond donors (Lipinski definition) is 3. The summed E-state index contributed by atoms with van der Waals surface area (Å²) in [6.45, 7) is 44.3. The molecule has 6 aliphatic rings. The number of aromatic nitrogens is 15. The fourth-order valence-electron chi connectivity index (χ4n) is 21.4. The number of hydrogen-bond acceptors (Lipinski definition) is 20. The summed E-state index contributed by atoms with van der Waals surface area (Å²) in [5, 5.41) is 3.40. The third kappa shape index (κ3) is 15.2. The molecule has 15 aromatic rings. The van der Waals surface area contributed by atoms with Crippen LogP contribution in [-0.4, -0.2) is 201 Å². The zero-order valence-corrected chi connectivity index (χ0v) is 82.2. The average molecular weight is 1910 g/mol. The van der Waals surface area contributed by atoms with Gasteiger partial charge in [-0.25, -0.2) is 29.9 Å². The van der Waals surface area contributed by atoms with Gasteiger partial charge in [0, 0.05) is 127 Å². The van der Waals surface area contributed by atoms with Gasteiger partial charge in [0.05, 0.1) is 155 Å². The summed E-state index contributed by atoms with van der Waals surface area (Å²) in [6, 6.07) is 22.2. The van der Waals surface area contributed by atoms with Gasteiger partial charge in [-0.2, -0.15) is 0 Å². The van der Waals surface area contributed by atoms with E-state index in [1.165, 1.54) is 23.1 Å². The number of piperazine rings is 3. The highest BCUT2D eigenvalue weighted by Crippen LogP contribution is 2.50. The van der Waals surface area contributed by atoms with Gasteiger partial charge in [-0.1, -0.05) is 114 Å². The van der Waals surface area contributed by atoms with Gasteiger partial charge >= 0.3 is 5.56 Å². The fraction of sp³-hybridized carbons (Fsp3) is 0.333. The number of carbonyl (C=O) groups is 4. The number of H-pyrrole nitrogens is 3. The number of ether oxygens (including phenoxy) is 1. The maximum atomic E-state index is 15.0. The number of anilines is 4. The van der Waals surface area contributed by atoms with Crippen LogP contribution >= 0.6 is 34.8 Å². The molecule has 0 spiro atoms. The van der Waals surface area contributed by atoms with Crippen molar-refractivity contribution in [2.75, 3.05) is 72.5 Å². The minimum atomic E-state index is -0.712. The van der Waals surface area contributed by atoms with E-state index in [4.69, 9.17) is 69.4 Å². The predicted molar refractivity (Wildman–Crippen MR) is 546 cm³/mol. The Hall–Kier alpha value is -14.2. The third-order valence-electron chi connectivity index (χ3n) is 28.2. The Morgan fingerprint density at radius 1 is 0.428 bits per heavy atom. The second kappa shape index (κ2) is 36.0. The maximum Gasteiger partial charge on any atom is 0.301 e. The zero-order valence-electron chi connectivity index (χ0n) is 79.9. The number of nitrogens with zero attached hydrogens (tertiary/aromatic N) is 19. The number of aryl methyl sites for hydroxylation is 6. The first kappa shape index (κ1) is 92.8. The highest BCUT2D eigenvalue weighted by Gasteiger charge is 2.48. The van der Waals surface area contributed by atoms with Crippen LogP contribution in [-0.2, 0) is 25.6 Å². The van der Waals surface area contributed by atoms with Crippen LogP contribution in [0.1, 0.15) is 149 Å². The monoisotopic (exact) mass is 1910 g/mol. The van der Waals surface area contributed by atoms with Crippen LogP contribution in [0.3, 0.4) is 0 Å². The quantitative estimate of drug-likeness (QED) is 0.0957. The van der Waals surface area contributed by atoms with Gasteiger partial charge in [0.2, 0.25) is 23.5 Å². The van der Waals surface area contributed by atoms with E-state index in [0.29, 0.717) is 140 Å². The lowest BCUT2D eigenvalue weighted by atomic mass is 9.91. The van der Waals surface area contributed by atoms with Gasteiger partial charge in [0.15, 0.2) is 5.65 Å². The molecule has 33 heteroatoms. The first-order chi connectivity index (χ1) is 66.1. The van der Waals surface area contributed by atoms with Crippen molar-refractivity contribution in [3.63, 3.8) is 0 Å². The highest BCUT2D eigenvalue weighted by atomic mass is 35.5. The van der Waals surface area contributed by atoms with Crippen LogP contribution in [0.25, 0.3) is 117 Å². The van der Waals surface area contributed by atoms with Gasteiger partial charge in [-0.3, -0.25) is 62.2 Å². The molecule has 0 bridgehead atoms. The highest BCUT2D eigenvalue weighted by molar-refractivity contribution is 6.36. The number of halogens is 3. The van der Waals surface area contributed by atoms with E-state index in [9.17, 15) is 28.8 Å². The maximum absolute atomic E-state index is 15.0. The van der Waals surface area contributed by atoms with Crippen molar-refractivity contribution in [3.05, 3.63) is 250 Å². The molecule has 138 heavy (non-hydrogen) atoms. The fourth-order valence-corrected chi connectivity index (χ4v) is 22.1. The Labute approximate surface area is 811 Å². The molecule has 6 aliphatic heterocycles. The SMILES string of the molecule is C=CC(=O)N1CC2C(=O)N(C)c3c(c4cc(Cl)c(-c5c(C)ccc6[nH]cnc56)nc4n(-c4c(C)ccnc4C(C)C)c3=O)N2CC1C.C=CC(=O)N1CC2CCOc3c(c4cc(Cl)c(-c5c(C)ccc6[nH]cnc56)nc4n(-c4c(C)ccnc4C(C)C)c3=O)N2CC1C.C=CC(=O)N1CC2CCc3c(c4cc(Cl)c(-c5c(C)ccc6[nH]cnc56)nc4n(-c4c(C)ccnc4C(C)C)c3=O)N2CC1C. The van der Waals surface area contributed by atoms with E-state index in [-0.39, 0.29) is 101 Å². The second-order valence-corrected chi connectivity index (χ2v) is 39.1. The third-order valence-corrected chi connectivity index (χ3v) is 29.0. The van der Waals surface area contributed by atoms with E-state index in [1.807, 2.05) is 164 Å². The van der Waals surface area contributed by atoms with Crippen molar-refractivity contribution < 1.29 is 23.9 Å². The number of amides is 4. The molecular weight excluding hydrogens is 1800 g/mol. The van der Waals surface area contributed by atoms with Gasteiger partial charge in [0.25, 0.3) is 17.0 Å².